The summed E-state index contributed by atoms with van der Waals surface area (Å²) < 4.78 is 0. The van der Waals surface area contributed by atoms with Crippen molar-refractivity contribution in [3.8, 4) is 0 Å². The summed E-state index contributed by atoms with van der Waals surface area (Å²) in [6, 6.07) is 6.23. The van der Waals surface area contributed by atoms with Gasteiger partial charge in [0.05, 0.1) is 0 Å². The fourth-order valence-corrected chi connectivity index (χ4v) is 2.94. The number of anilines is 2. The Hall–Kier alpha value is -1.84. The molecular weight excluding hydrogens is 250 g/mol. The Morgan fingerprint density at radius 3 is 3.05 bits per heavy atom. The van der Waals surface area contributed by atoms with Gasteiger partial charge in [0.1, 0.15) is 5.84 Å². The summed E-state index contributed by atoms with van der Waals surface area (Å²) in [6.07, 6.45) is 4.76. The van der Waals surface area contributed by atoms with Crippen LogP contribution >= 0.6 is 0 Å². The molecule has 0 saturated heterocycles. The standard InChI is InChI=1S/C16H21N3O/c1-2-4-16(20)18-13-6-7-14-12(11-13)8-10-19(14)15-5-3-9-17-15/h6-7,11H,2-5,8-10H2,1H3,(H,18,20). The number of hydrogen-bond acceptors (Lipinski definition) is 3. The maximum absolute atomic E-state index is 11.6. The number of amides is 1. The van der Waals surface area contributed by atoms with Crippen LogP contribution in [-0.4, -0.2) is 24.8 Å². The molecule has 0 aliphatic carbocycles. The molecule has 1 aromatic rings. The Balaban J connectivity index is 1.76. The van der Waals surface area contributed by atoms with Gasteiger partial charge in [-0.3, -0.25) is 9.79 Å². The van der Waals surface area contributed by atoms with Crippen molar-refractivity contribution in [1.82, 2.24) is 0 Å². The molecule has 4 nitrogen and oxygen atoms in total. The highest BCUT2D eigenvalue weighted by atomic mass is 16.1. The summed E-state index contributed by atoms with van der Waals surface area (Å²) in [5.41, 5.74) is 3.49. The molecule has 0 fully saturated rings. The van der Waals surface area contributed by atoms with E-state index in [0.717, 1.165) is 38.0 Å². The number of fused-ring (bicyclic) bond motifs is 1. The minimum absolute atomic E-state index is 0.0995. The maximum atomic E-state index is 11.6. The predicted molar refractivity (Wildman–Crippen MR) is 82.6 cm³/mol. The van der Waals surface area contributed by atoms with Gasteiger partial charge in [-0.15, -0.1) is 0 Å². The van der Waals surface area contributed by atoms with E-state index in [1.807, 2.05) is 13.0 Å². The van der Waals surface area contributed by atoms with E-state index in [1.54, 1.807) is 0 Å². The number of carbonyl (C=O) groups is 1. The van der Waals surface area contributed by atoms with Crippen LogP contribution in [0.1, 0.15) is 38.2 Å². The number of aliphatic imine (C=N–C) groups is 1. The first kappa shape index (κ1) is 13.2. The summed E-state index contributed by atoms with van der Waals surface area (Å²) in [4.78, 5) is 18.6. The minimum atomic E-state index is 0.0995. The molecule has 0 unspecified atom stereocenters. The summed E-state index contributed by atoms with van der Waals surface area (Å²) in [5.74, 6) is 1.33. The summed E-state index contributed by atoms with van der Waals surface area (Å²) >= 11 is 0. The lowest BCUT2D eigenvalue weighted by Crippen LogP contribution is -2.27. The maximum Gasteiger partial charge on any atom is 0.224 e. The van der Waals surface area contributed by atoms with Crippen LogP contribution in [-0.2, 0) is 11.2 Å². The number of carbonyl (C=O) groups excluding carboxylic acids is 1. The molecule has 2 aliphatic rings. The van der Waals surface area contributed by atoms with Crippen molar-refractivity contribution in [2.24, 2.45) is 4.99 Å². The fourth-order valence-electron chi connectivity index (χ4n) is 2.94. The van der Waals surface area contributed by atoms with Crippen molar-refractivity contribution in [3.05, 3.63) is 23.8 Å². The van der Waals surface area contributed by atoms with E-state index < -0.39 is 0 Å². The van der Waals surface area contributed by atoms with Gasteiger partial charge in [-0.25, -0.2) is 0 Å². The second-order valence-corrected chi connectivity index (χ2v) is 5.44. The molecule has 1 aromatic carbocycles. The lowest BCUT2D eigenvalue weighted by molar-refractivity contribution is -0.116. The first-order chi connectivity index (χ1) is 9.78. The molecule has 2 aliphatic heterocycles. The summed E-state index contributed by atoms with van der Waals surface area (Å²) in [5, 5.41) is 2.97. The highest BCUT2D eigenvalue weighted by Crippen LogP contribution is 2.32. The third-order valence-electron chi connectivity index (χ3n) is 3.90. The Kier molecular flexibility index (Phi) is 3.72. The number of nitrogens with zero attached hydrogens (tertiary/aromatic N) is 2. The number of hydrogen-bond donors (Lipinski definition) is 1. The molecule has 2 heterocycles. The number of amidine groups is 1. The smallest absolute Gasteiger partial charge is 0.224 e. The van der Waals surface area contributed by atoms with Crippen molar-refractivity contribution in [2.45, 2.75) is 39.0 Å². The van der Waals surface area contributed by atoms with Crippen LogP contribution in [0.2, 0.25) is 0 Å². The third-order valence-corrected chi connectivity index (χ3v) is 3.90. The first-order valence-electron chi connectivity index (χ1n) is 7.51. The van der Waals surface area contributed by atoms with Gasteiger partial charge in [-0.2, -0.15) is 0 Å². The molecular formula is C16H21N3O. The average molecular weight is 271 g/mol. The van der Waals surface area contributed by atoms with Crippen LogP contribution in [0.15, 0.2) is 23.2 Å². The van der Waals surface area contributed by atoms with Gasteiger partial charge < -0.3 is 10.2 Å². The Labute approximate surface area is 119 Å². The van der Waals surface area contributed by atoms with Gasteiger partial charge >= 0.3 is 0 Å². The highest BCUT2D eigenvalue weighted by Gasteiger charge is 2.24. The van der Waals surface area contributed by atoms with E-state index in [0.29, 0.717) is 6.42 Å². The lowest BCUT2D eigenvalue weighted by Gasteiger charge is -2.19. The summed E-state index contributed by atoms with van der Waals surface area (Å²) in [7, 11) is 0. The molecule has 20 heavy (non-hydrogen) atoms. The molecule has 0 radical (unpaired) electrons. The van der Waals surface area contributed by atoms with Crippen molar-refractivity contribution >= 4 is 23.1 Å². The van der Waals surface area contributed by atoms with E-state index >= 15 is 0 Å². The second-order valence-electron chi connectivity index (χ2n) is 5.44. The topological polar surface area (TPSA) is 44.7 Å². The van der Waals surface area contributed by atoms with Gasteiger partial charge in [0, 0.05) is 37.3 Å². The van der Waals surface area contributed by atoms with Crippen LogP contribution in [0.3, 0.4) is 0 Å². The van der Waals surface area contributed by atoms with Crippen LogP contribution in [0.4, 0.5) is 11.4 Å². The second kappa shape index (κ2) is 5.65. The van der Waals surface area contributed by atoms with E-state index in [9.17, 15) is 4.79 Å². The van der Waals surface area contributed by atoms with Crippen LogP contribution < -0.4 is 10.2 Å². The summed E-state index contributed by atoms with van der Waals surface area (Å²) in [6.45, 7) is 4.00. The SMILES string of the molecule is CCCC(=O)Nc1ccc2c(c1)CCN2C1=NCCC1. The van der Waals surface area contributed by atoms with E-state index in [-0.39, 0.29) is 5.91 Å². The molecule has 1 N–H and O–H groups in total. The van der Waals surface area contributed by atoms with Crippen molar-refractivity contribution in [1.29, 1.82) is 0 Å². The van der Waals surface area contributed by atoms with E-state index in [4.69, 9.17) is 0 Å². The zero-order valence-corrected chi connectivity index (χ0v) is 12.0. The minimum Gasteiger partial charge on any atom is -0.330 e. The highest BCUT2D eigenvalue weighted by molar-refractivity contribution is 6.01. The molecule has 0 atom stereocenters. The Bertz CT molecular complexity index is 551. The van der Waals surface area contributed by atoms with Gasteiger partial charge in [0.15, 0.2) is 0 Å². The van der Waals surface area contributed by atoms with Gasteiger partial charge in [-0.1, -0.05) is 6.92 Å². The van der Waals surface area contributed by atoms with Crippen molar-refractivity contribution < 1.29 is 4.79 Å². The fraction of sp³-hybridized carbons (Fsp3) is 0.500. The zero-order chi connectivity index (χ0) is 13.9. The average Bonchev–Trinajstić information content (AvgIpc) is 3.06. The third kappa shape index (κ3) is 2.55. The van der Waals surface area contributed by atoms with Gasteiger partial charge in [0.2, 0.25) is 5.91 Å². The van der Waals surface area contributed by atoms with Crippen LogP contribution in [0, 0.1) is 0 Å². The molecule has 3 rings (SSSR count). The Morgan fingerprint density at radius 1 is 1.40 bits per heavy atom. The van der Waals surface area contributed by atoms with Crippen molar-refractivity contribution in [3.63, 3.8) is 0 Å². The zero-order valence-electron chi connectivity index (χ0n) is 12.0. The predicted octanol–water partition coefficient (Wildman–Crippen LogP) is 2.98. The molecule has 0 spiro atoms. The quantitative estimate of drug-likeness (QED) is 0.918. The van der Waals surface area contributed by atoms with Crippen molar-refractivity contribution in [2.75, 3.05) is 23.3 Å². The van der Waals surface area contributed by atoms with Gasteiger partial charge in [-0.05, 0) is 43.0 Å². The Morgan fingerprint density at radius 2 is 2.30 bits per heavy atom. The molecule has 1 amide bonds. The lowest BCUT2D eigenvalue weighted by atomic mass is 10.1. The number of rotatable bonds is 3. The van der Waals surface area contributed by atoms with E-state index in [2.05, 4.69) is 27.3 Å². The molecule has 4 heteroatoms. The van der Waals surface area contributed by atoms with E-state index in [1.165, 1.54) is 23.5 Å². The first-order valence-corrected chi connectivity index (χ1v) is 7.51. The normalized spacial score (nSPS) is 17.1. The van der Waals surface area contributed by atoms with Crippen LogP contribution in [0.25, 0.3) is 0 Å². The molecule has 0 bridgehead atoms. The number of nitrogens with one attached hydrogen (secondary N) is 1. The number of benzene rings is 1. The van der Waals surface area contributed by atoms with Gasteiger partial charge in [0.25, 0.3) is 0 Å². The molecule has 0 saturated carbocycles. The molecule has 0 aromatic heterocycles. The largest absolute Gasteiger partial charge is 0.330 e. The van der Waals surface area contributed by atoms with Crippen LogP contribution in [0.5, 0.6) is 0 Å². The molecule has 106 valence electrons. The monoisotopic (exact) mass is 271 g/mol.